The standard InChI is InChI=1S/C8H10FNO/c1-10-7-4-6(5-9)2-3-8(7)11/h2-4,10-11H,5H2,1H3. The molecule has 2 nitrogen and oxygen atoms in total. The Morgan fingerprint density at radius 3 is 2.82 bits per heavy atom. The second-order valence-corrected chi connectivity index (χ2v) is 2.24. The number of halogens is 1. The summed E-state index contributed by atoms with van der Waals surface area (Å²) in [4.78, 5) is 0. The van der Waals surface area contributed by atoms with E-state index < -0.39 is 6.67 Å². The fourth-order valence-corrected chi connectivity index (χ4v) is 0.867. The number of alkyl halides is 1. The Labute approximate surface area is 64.7 Å². The van der Waals surface area contributed by atoms with Crippen LogP contribution in [0.2, 0.25) is 0 Å². The van der Waals surface area contributed by atoms with Gasteiger partial charge in [-0.25, -0.2) is 4.39 Å². The van der Waals surface area contributed by atoms with Crippen LogP contribution < -0.4 is 5.32 Å². The lowest BCUT2D eigenvalue weighted by atomic mass is 10.2. The normalized spacial score (nSPS) is 9.64. The Kier molecular flexibility index (Phi) is 2.31. The molecule has 1 aromatic rings. The summed E-state index contributed by atoms with van der Waals surface area (Å²) < 4.78 is 12.1. The van der Waals surface area contributed by atoms with Crippen LogP contribution in [0.25, 0.3) is 0 Å². The average Bonchev–Trinajstić information content (AvgIpc) is 2.05. The topological polar surface area (TPSA) is 32.3 Å². The van der Waals surface area contributed by atoms with Gasteiger partial charge in [0.1, 0.15) is 12.4 Å². The van der Waals surface area contributed by atoms with Crippen molar-refractivity contribution in [3.63, 3.8) is 0 Å². The molecule has 0 aliphatic heterocycles. The Morgan fingerprint density at radius 2 is 2.27 bits per heavy atom. The molecule has 0 fully saturated rings. The van der Waals surface area contributed by atoms with E-state index in [-0.39, 0.29) is 5.75 Å². The molecular formula is C8H10FNO. The van der Waals surface area contributed by atoms with Crippen LogP contribution in [0.1, 0.15) is 5.56 Å². The van der Waals surface area contributed by atoms with Crippen molar-refractivity contribution < 1.29 is 9.50 Å². The van der Waals surface area contributed by atoms with Crippen molar-refractivity contribution in [3.8, 4) is 5.75 Å². The van der Waals surface area contributed by atoms with Gasteiger partial charge in [0.25, 0.3) is 0 Å². The third-order valence-corrected chi connectivity index (χ3v) is 1.48. The Hall–Kier alpha value is -1.25. The second-order valence-electron chi connectivity index (χ2n) is 2.24. The van der Waals surface area contributed by atoms with E-state index in [4.69, 9.17) is 5.11 Å². The molecule has 0 saturated carbocycles. The number of phenolic OH excluding ortho intramolecular Hbond substituents is 1. The highest BCUT2D eigenvalue weighted by Gasteiger charge is 1.99. The molecule has 0 amide bonds. The predicted molar refractivity (Wildman–Crippen MR) is 42.5 cm³/mol. The third kappa shape index (κ3) is 1.61. The zero-order chi connectivity index (χ0) is 8.27. The number of rotatable bonds is 2. The van der Waals surface area contributed by atoms with Gasteiger partial charge in [-0.1, -0.05) is 6.07 Å². The lowest BCUT2D eigenvalue weighted by molar-refractivity contribution is 0.472. The first-order valence-electron chi connectivity index (χ1n) is 3.33. The molecule has 1 rings (SSSR count). The van der Waals surface area contributed by atoms with Gasteiger partial charge in [0.2, 0.25) is 0 Å². The number of anilines is 1. The molecule has 0 heterocycles. The van der Waals surface area contributed by atoms with Crippen molar-refractivity contribution in [2.45, 2.75) is 6.67 Å². The summed E-state index contributed by atoms with van der Waals surface area (Å²) in [7, 11) is 1.68. The molecular weight excluding hydrogens is 145 g/mol. The van der Waals surface area contributed by atoms with Crippen LogP contribution in [-0.2, 0) is 6.67 Å². The fourth-order valence-electron chi connectivity index (χ4n) is 0.867. The molecule has 0 aromatic heterocycles. The van der Waals surface area contributed by atoms with E-state index in [0.717, 1.165) is 0 Å². The number of aromatic hydroxyl groups is 1. The monoisotopic (exact) mass is 155 g/mol. The Balaban J connectivity index is 3.02. The first kappa shape index (κ1) is 7.85. The first-order valence-corrected chi connectivity index (χ1v) is 3.33. The molecule has 3 heteroatoms. The molecule has 11 heavy (non-hydrogen) atoms. The van der Waals surface area contributed by atoms with Gasteiger partial charge in [-0.3, -0.25) is 0 Å². The van der Waals surface area contributed by atoms with Crippen LogP contribution in [0.5, 0.6) is 5.75 Å². The fraction of sp³-hybridized carbons (Fsp3) is 0.250. The van der Waals surface area contributed by atoms with Crippen LogP contribution in [0.15, 0.2) is 18.2 Å². The van der Waals surface area contributed by atoms with Gasteiger partial charge >= 0.3 is 0 Å². The zero-order valence-corrected chi connectivity index (χ0v) is 6.26. The minimum atomic E-state index is -0.505. The molecule has 2 N–H and O–H groups in total. The van der Waals surface area contributed by atoms with Crippen molar-refractivity contribution in [1.82, 2.24) is 0 Å². The average molecular weight is 155 g/mol. The predicted octanol–water partition coefficient (Wildman–Crippen LogP) is 1.90. The van der Waals surface area contributed by atoms with Crippen LogP contribution >= 0.6 is 0 Å². The van der Waals surface area contributed by atoms with Crippen LogP contribution in [0, 0.1) is 0 Å². The highest BCUT2D eigenvalue weighted by Crippen LogP contribution is 2.23. The third-order valence-electron chi connectivity index (χ3n) is 1.48. The Morgan fingerprint density at radius 1 is 1.55 bits per heavy atom. The molecule has 0 bridgehead atoms. The molecule has 0 aliphatic carbocycles. The molecule has 0 unspecified atom stereocenters. The summed E-state index contributed by atoms with van der Waals surface area (Å²) in [5, 5.41) is 11.9. The van der Waals surface area contributed by atoms with Crippen molar-refractivity contribution >= 4 is 5.69 Å². The molecule has 1 aromatic carbocycles. The maximum absolute atomic E-state index is 12.1. The molecule has 60 valence electrons. The summed E-state index contributed by atoms with van der Waals surface area (Å²) in [6, 6.07) is 4.60. The van der Waals surface area contributed by atoms with Crippen LogP contribution in [-0.4, -0.2) is 12.2 Å². The minimum Gasteiger partial charge on any atom is -0.506 e. The summed E-state index contributed by atoms with van der Waals surface area (Å²) in [6.45, 7) is -0.505. The summed E-state index contributed by atoms with van der Waals surface area (Å²) in [5.41, 5.74) is 1.12. The van der Waals surface area contributed by atoms with Crippen LogP contribution in [0.3, 0.4) is 0 Å². The van der Waals surface area contributed by atoms with E-state index in [1.54, 1.807) is 19.2 Å². The van der Waals surface area contributed by atoms with Crippen LogP contribution in [0.4, 0.5) is 10.1 Å². The van der Waals surface area contributed by atoms with E-state index in [1.807, 2.05) is 0 Å². The van der Waals surface area contributed by atoms with Gasteiger partial charge in [-0.15, -0.1) is 0 Å². The quantitative estimate of drug-likeness (QED) is 0.639. The van der Waals surface area contributed by atoms with E-state index in [2.05, 4.69) is 5.32 Å². The first-order chi connectivity index (χ1) is 5.27. The number of benzene rings is 1. The van der Waals surface area contributed by atoms with E-state index >= 15 is 0 Å². The smallest absolute Gasteiger partial charge is 0.138 e. The second kappa shape index (κ2) is 3.23. The highest BCUT2D eigenvalue weighted by molar-refractivity contribution is 5.56. The molecule has 0 saturated heterocycles. The molecule has 0 atom stereocenters. The van der Waals surface area contributed by atoms with Crippen molar-refractivity contribution in [2.75, 3.05) is 12.4 Å². The van der Waals surface area contributed by atoms with Crippen molar-refractivity contribution in [2.24, 2.45) is 0 Å². The maximum atomic E-state index is 12.1. The molecule has 0 radical (unpaired) electrons. The maximum Gasteiger partial charge on any atom is 0.138 e. The van der Waals surface area contributed by atoms with Crippen molar-refractivity contribution in [3.05, 3.63) is 23.8 Å². The summed E-state index contributed by atoms with van der Waals surface area (Å²) >= 11 is 0. The Bertz CT molecular complexity index is 250. The highest BCUT2D eigenvalue weighted by atomic mass is 19.1. The number of nitrogens with one attached hydrogen (secondary N) is 1. The van der Waals surface area contributed by atoms with Gasteiger partial charge in [0.15, 0.2) is 0 Å². The lowest BCUT2D eigenvalue weighted by Crippen LogP contribution is -1.89. The number of hydrogen-bond acceptors (Lipinski definition) is 2. The van der Waals surface area contributed by atoms with Crippen molar-refractivity contribution in [1.29, 1.82) is 0 Å². The van der Waals surface area contributed by atoms with E-state index in [1.165, 1.54) is 6.07 Å². The minimum absolute atomic E-state index is 0.143. The zero-order valence-electron chi connectivity index (χ0n) is 6.26. The van der Waals surface area contributed by atoms with Gasteiger partial charge in [0.05, 0.1) is 5.69 Å². The molecule has 0 aliphatic rings. The molecule has 0 spiro atoms. The van der Waals surface area contributed by atoms with Gasteiger partial charge in [-0.2, -0.15) is 0 Å². The van der Waals surface area contributed by atoms with E-state index in [0.29, 0.717) is 11.3 Å². The SMILES string of the molecule is CNc1cc(CF)ccc1O. The van der Waals surface area contributed by atoms with E-state index in [9.17, 15) is 4.39 Å². The van der Waals surface area contributed by atoms with Gasteiger partial charge in [0, 0.05) is 7.05 Å². The number of hydrogen-bond donors (Lipinski definition) is 2. The summed E-state index contributed by atoms with van der Waals surface area (Å²) in [5.74, 6) is 0.143. The lowest BCUT2D eigenvalue weighted by Gasteiger charge is -2.03. The van der Waals surface area contributed by atoms with Gasteiger partial charge in [-0.05, 0) is 17.7 Å². The summed E-state index contributed by atoms with van der Waals surface area (Å²) in [6.07, 6.45) is 0. The largest absolute Gasteiger partial charge is 0.506 e. The van der Waals surface area contributed by atoms with Gasteiger partial charge < -0.3 is 10.4 Å². The number of phenols is 1.